The second-order valence-corrected chi connectivity index (χ2v) is 7.12. The lowest BCUT2D eigenvalue weighted by molar-refractivity contribution is -0.753. The maximum Gasteiger partial charge on any atom is 0.352 e. The number of carbonyl (C=O) groups excluding carboxylic acids is 2. The Labute approximate surface area is 148 Å². The highest BCUT2D eigenvalue weighted by Gasteiger charge is 2.51. The van der Waals surface area contributed by atoms with E-state index >= 15 is 0 Å². The molecule has 2 amide bonds. The van der Waals surface area contributed by atoms with E-state index in [0.717, 1.165) is 5.56 Å². The van der Waals surface area contributed by atoms with Gasteiger partial charge in [0.1, 0.15) is 23.7 Å². The number of nitrogens with zero attached hydrogens (tertiary/aromatic N) is 3. The second-order valence-electron chi connectivity index (χ2n) is 6.02. The minimum absolute atomic E-state index is 0.0494. The van der Waals surface area contributed by atoms with Crippen molar-refractivity contribution in [3.05, 3.63) is 29.2 Å². The van der Waals surface area contributed by atoms with Gasteiger partial charge in [-0.05, 0) is 12.0 Å². The van der Waals surface area contributed by atoms with E-state index in [1.807, 2.05) is 28.8 Å². The van der Waals surface area contributed by atoms with Gasteiger partial charge in [-0.25, -0.2) is 4.79 Å². The molecule has 4 N–H and O–H groups in total. The number of fused-ring (bicyclic) bond motifs is 1. The molecule has 2 aliphatic rings. The molecule has 25 heavy (non-hydrogen) atoms. The zero-order valence-corrected chi connectivity index (χ0v) is 14.5. The molecule has 3 rings (SSSR count). The highest BCUT2D eigenvalue weighted by molar-refractivity contribution is 8.00. The number of carboxylic acid groups (broad SMARTS) is 1. The first-order valence-electron chi connectivity index (χ1n) is 7.81. The predicted octanol–water partition coefficient (Wildman–Crippen LogP) is -1.82. The van der Waals surface area contributed by atoms with Gasteiger partial charge in [0.2, 0.25) is 12.3 Å². The number of aliphatic carboxylic acids is 1. The maximum absolute atomic E-state index is 12.0. The van der Waals surface area contributed by atoms with Crippen LogP contribution < -0.4 is 15.7 Å². The Hall–Kier alpha value is -2.33. The number of carboxylic acids is 1. The molecule has 2 aliphatic heterocycles. The Morgan fingerprint density at radius 1 is 1.60 bits per heavy atom. The average molecular weight is 366 g/mol. The van der Waals surface area contributed by atoms with Crippen LogP contribution in [0.15, 0.2) is 23.7 Å². The van der Waals surface area contributed by atoms with Crippen LogP contribution >= 0.6 is 11.8 Å². The minimum atomic E-state index is -1.11. The number of β-lactam (4-membered cyclic amide) rings is 1. The lowest BCUT2D eigenvalue weighted by Gasteiger charge is -2.47. The summed E-state index contributed by atoms with van der Waals surface area (Å²) in [5, 5.41) is 11.9. The summed E-state index contributed by atoms with van der Waals surface area (Å²) in [5.74, 6) is -0.931. The van der Waals surface area contributed by atoms with Gasteiger partial charge in [0, 0.05) is 17.9 Å². The summed E-state index contributed by atoms with van der Waals surface area (Å²) in [6, 6.07) is -0.625. The minimum Gasteiger partial charge on any atom is -0.477 e. The molecule has 0 unspecified atom stereocenters. The number of carbonyl (C=O) groups is 3. The summed E-state index contributed by atoms with van der Waals surface area (Å²) in [6.45, 7) is 0.909. The van der Waals surface area contributed by atoms with Crippen molar-refractivity contribution >= 4 is 30.0 Å². The Kier molecular flexibility index (Phi) is 4.82. The fourth-order valence-corrected chi connectivity index (χ4v) is 4.37. The maximum atomic E-state index is 12.0. The van der Waals surface area contributed by atoms with E-state index in [-0.39, 0.29) is 17.0 Å². The molecular formula is C15H20N5O4S+. The molecule has 0 saturated carbocycles. The van der Waals surface area contributed by atoms with Crippen LogP contribution in [-0.4, -0.2) is 56.7 Å². The topological polar surface area (TPSA) is 122 Å². The summed E-state index contributed by atoms with van der Waals surface area (Å²) >= 11 is 1.49. The molecule has 0 spiro atoms. The van der Waals surface area contributed by atoms with E-state index in [4.69, 9.17) is 5.73 Å². The number of nitrogens with two attached hydrogens (primary N) is 1. The van der Waals surface area contributed by atoms with E-state index < -0.39 is 12.0 Å². The monoisotopic (exact) mass is 366 g/mol. The first-order valence-corrected chi connectivity index (χ1v) is 8.86. The highest BCUT2D eigenvalue weighted by atomic mass is 32.2. The number of aryl methyl sites for hydroxylation is 1. The molecular weight excluding hydrogens is 346 g/mol. The Balaban J connectivity index is 1.82. The van der Waals surface area contributed by atoms with Gasteiger partial charge in [-0.2, -0.15) is 4.68 Å². The third-order valence-electron chi connectivity index (χ3n) is 4.36. The summed E-state index contributed by atoms with van der Waals surface area (Å²) in [5.41, 5.74) is 7.51. The predicted molar refractivity (Wildman–Crippen MR) is 89.1 cm³/mol. The van der Waals surface area contributed by atoms with Crippen molar-refractivity contribution in [1.29, 1.82) is 0 Å². The van der Waals surface area contributed by atoms with Gasteiger partial charge in [-0.15, -0.1) is 16.4 Å². The fraction of sp³-hybridized carbons (Fsp3) is 0.467. The first-order chi connectivity index (χ1) is 11.9. The molecule has 2 atom stereocenters. The van der Waals surface area contributed by atoms with Gasteiger partial charge in [-0.1, -0.05) is 0 Å². The molecule has 0 aliphatic carbocycles. The van der Waals surface area contributed by atoms with Crippen LogP contribution in [0.1, 0.15) is 5.56 Å². The van der Waals surface area contributed by atoms with Crippen molar-refractivity contribution in [2.75, 3.05) is 12.3 Å². The van der Waals surface area contributed by atoms with Gasteiger partial charge >= 0.3 is 5.97 Å². The largest absolute Gasteiger partial charge is 0.477 e. The smallest absolute Gasteiger partial charge is 0.352 e. The Morgan fingerprint density at radius 3 is 3.04 bits per heavy atom. The van der Waals surface area contributed by atoms with E-state index in [1.165, 1.54) is 16.7 Å². The van der Waals surface area contributed by atoms with Crippen LogP contribution in [-0.2, 0) is 34.4 Å². The molecule has 1 aromatic rings. The fourth-order valence-electron chi connectivity index (χ4n) is 3.09. The Morgan fingerprint density at radius 2 is 2.36 bits per heavy atom. The lowest BCUT2D eigenvalue weighted by Crippen LogP contribution is -2.68. The van der Waals surface area contributed by atoms with E-state index in [0.29, 0.717) is 37.2 Å². The molecule has 1 aromatic heterocycles. The zero-order chi connectivity index (χ0) is 18.1. The van der Waals surface area contributed by atoms with Crippen LogP contribution in [0.25, 0.3) is 0 Å². The van der Waals surface area contributed by atoms with Gasteiger partial charge in [-0.3, -0.25) is 14.5 Å². The van der Waals surface area contributed by atoms with Gasteiger partial charge in [0.05, 0.1) is 6.20 Å². The van der Waals surface area contributed by atoms with Crippen molar-refractivity contribution in [3.8, 4) is 0 Å². The summed E-state index contributed by atoms with van der Waals surface area (Å²) in [7, 11) is 1.86. The summed E-state index contributed by atoms with van der Waals surface area (Å²) in [4.78, 5) is 35.3. The van der Waals surface area contributed by atoms with Crippen molar-refractivity contribution in [3.63, 3.8) is 0 Å². The molecule has 0 bridgehead atoms. The van der Waals surface area contributed by atoms with Gasteiger partial charge in [0.25, 0.3) is 0 Å². The van der Waals surface area contributed by atoms with Crippen LogP contribution in [0.3, 0.4) is 0 Å². The zero-order valence-electron chi connectivity index (χ0n) is 13.7. The van der Waals surface area contributed by atoms with Crippen molar-refractivity contribution < 1.29 is 24.2 Å². The normalized spacial score (nSPS) is 22.5. The third-order valence-corrected chi connectivity index (χ3v) is 5.72. The number of hydrogen-bond donors (Lipinski definition) is 3. The second kappa shape index (κ2) is 6.89. The number of thioether (sulfide) groups is 1. The molecule has 10 heteroatoms. The van der Waals surface area contributed by atoms with E-state index in [1.54, 1.807) is 0 Å². The SMILES string of the molecule is C[n+]1cc(CCNC=O)cn1CC1=C(C(=O)O)N2C(=O)[C@@H](N)[C@H]2SC1. The van der Waals surface area contributed by atoms with Crippen LogP contribution in [0, 0.1) is 0 Å². The molecule has 1 saturated heterocycles. The van der Waals surface area contributed by atoms with E-state index in [2.05, 4.69) is 5.32 Å². The van der Waals surface area contributed by atoms with Crippen molar-refractivity contribution in [1.82, 2.24) is 14.9 Å². The molecule has 0 radical (unpaired) electrons. The van der Waals surface area contributed by atoms with Crippen LogP contribution in [0.2, 0.25) is 0 Å². The lowest BCUT2D eigenvalue weighted by atomic mass is 10.0. The number of amides is 2. The first kappa shape index (κ1) is 17.5. The summed E-state index contributed by atoms with van der Waals surface area (Å²) < 4.78 is 3.75. The average Bonchev–Trinajstić information content (AvgIpc) is 2.93. The molecule has 134 valence electrons. The standard InChI is InChI=1S/C15H19N5O4S/c1-18-4-9(2-3-17-8-21)5-19(18)6-10-7-25-14-11(16)13(22)20(14)12(10)15(23)24/h4-5,8,11,14H,2-3,6-7,16H2,1H3,(H-,17,21,23,24)/p+1/t11-,14-/m1/s1. The molecule has 3 heterocycles. The van der Waals surface area contributed by atoms with Crippen LogP contribution in [0.5, 0.6) is 0 Å². The van der Waals surface area contributed by atoms with Crippen LogP contribution in [0.4, 0.5) is 0 Å². The van der Waals surface area contributed by atoms with Gasteiger partial charge in [0.15, 0.2) is 13.2 Å². The number of rotatable bonds is 7. The summed E-state index contributed by atoms with van der Waals surface area (Å²) in [6.07, 6.45) is 5.18. The van der Waals surface area contributed by atoms with Gasteiger partial charge < -0.3 is 16.2 Å². The number of hydrogen-bond acceptors (Lipinski definition) is 5. The third kappa shape index (κ3) is 3.14. The molecule has 0 aromatic carbocycles. The molecule has 1 fully saturated rings. The quantitative estimate of drug-likeness (QED) is 0.226. The highest BCUT2D eigenvalue weighted by Crippen LogP contribution is 2.39. The van der Waals surface area contributed by atoms with Crippen molar-refractivity contribution in [2.45, 2.75) is 24.4 Å². The molecule has 9 nitrogen and oxygen atoms in total. The van der Waals surface area contributed by atoms with Crippen molar-refractivity contribution in [2.24, 2.45) is 12.8 Å². The van der Waals surface area contributed by atoms with E-state index in [9.17, 15) is 19.5 Å². The number of aromatic nitrogens is 2. The Bertz CT molecular complexity index is 759. The number of nitrogens with one attached hydrogen (secondary N) is 1.